The zero-order chi connectivity index (χ0) is 18.1. The minimum atomic E-state index is -3.81. The summed E-state index contributed by atoms with van der Waals surface area (Å²) < 4.78 is 10.7. The van der Waals surface area contributed by atoms with E-state index in [-0.39, 0.29) is 18.7 Å². The predicted molar refractivity (Wildman–Crippen MR) is 103 cm³/mol. The SMILES string of the molecule is N.O=C(O)CCCCCCC/C=C\C/C=C\CCCCCP(=O)(O)O. The number of carboxylic acid groups (broad SMARTS) is 1. The molecule has 25 heavy (non-hydrogen) atoms. The average Bonchev–Trinajstić information content (AvgIpc) is 2.49. The third kappa shape index (κ3) is 25.4. The highest BCUT2D eigenvalue weighted by Crippen LogP contribution is 2.35. The van der Waals surface area contributed by atoms with Crippen molar-refractivity contribution in [1.29, 1.82) is 0 Å². The minimum Gasteiger partial charge on any atom is -0.481 e. The normalized spacial score (nSPS) is 11.9. The van der Waals surface area contributed by atoms with Crippen molar-refractivity contribution in [3.63, 3.8) is 0 Å². The Balaban J connectivity index is 0. The van der Waals surface area contributed by atoms with Crippen LogP contribution >= 0.6 is 7.60 Å². The van der Waals surface area contributed by atoms with Gasteiger partial charge in [0.25, 0.3) is 0 Å². The molecule has 0 aliphatic carbocycles. The van der Waals surface area contributed by atoms with Gasteiger partial charge in [0.2, 0.25) is 0 Å². The number of hydrogen-bond acceptors (Lipinski definition) is 3. The second-order valence-corrected chi connectivity index (χ2v) is 7.89. The lowest BCUT2D eigenvalue weighted by molar-refractivity contribution is -0.137. The summed E-state index contributed by atoms with van der Waals surface area (Å²) in [4.78, 5) is 27.8. The minimum absolute atomic E-state index is 0. The zero-order valence-corrected chi connectivity index (χ0v) is 16.2. The summed E-state index contributed by atoms with van der Waals surface area (Å²) in [5.41, 5.74) is 0. The van der Waals surface area contributed by atoms with Gasteiger partial charge in [0.05, 0.1) is 0 Å². The maximum absolute atomic E-state index is 10.7. The van der Waals surface area contributed by atoms with Gasteiger partial charge in [-0.1, -0.05) is 50.0 Å². The van der Waals surface area contributed by atoms with Gasteiger partial charge in [-0.25, -0.2) is 0 Å². The fourth-order valence-corrected chi connectivity index (χ4v) is 2.97. The third-order valence-corrected chi connectivity index (χ3v) is 4.59. The molecular formula is C18H36NO5P. The van der Waals surface area contributed by atoms with Crippen molar-refractivity contribution in [3.05, 3.63) is 24.3 Å². The molecule has 7 heteroatoms. The van der Waals surface area contributed by atoms with Crippen molar-refractivity contribution < 1.29 is 24.3 Å². The van der Waals surface area contributed by atoms with E-state index in [1.54, 1.807) is 0 Å². The number of unbranched alkanes of at least 4 members (excludes halogenated alkanes) is 8. The highest BCUT2D eigenvalue weighted by molar-refractivity contribution is 7.51. The highest BCUT2D eigenvalue weighted by Gasteiger charge is 2.10. The van der Waals surface area contributed by atoms with Gasteiger partial charge in [0, 0.05) is 12.6 Å². The Kier molecular flexibility index (Phi) is 18.8. The van der Waals surface area contributed by atoms with Crippen molar-refractivity contribution >= 4 is 13.6 Å². The van der Waals surface area contributed by atoms with Crippen LogP contribution in [0.15, 0.2) is 24.3 Å². The van der Waals surface area contributed by atoms with Crippen molar-refractivity contribution in [2.24, 2.45) is 0 Å². The van der Waals surface area contributed by atoms with E-state index >= 15 is 0 Å². The number of carboxylic acids is 1. The lowest BCUT2D eigenvalue weighted by Crippen LogP contribution is -1.93. The number of allylic oxidation sites excluding steroid dienone is 4. The van der Waals surface area contributed by atoms with Crippen LogP contribution in [0.2, 0.25) is 0 Å². The Labute approximate surface area is 152 Å². The van der Waals surface area contributed by atoms with E-state index in [1.807, 2.05) is 0 Å². The Morgan fingerprint density at radius 2 is 1.24 bits per heavy atom. The number of carbonyl (C=O) groups is 1. The van der Waals surface area contributed by atoms with Crippen LogP contribution in [0.5, 0.6) is 0 Å². The van der Waals surface area contributed by atoms with Gasteiger partial charge in [0.1, 0.15) is 0 Å². The number of rotatable bonds is 16. The van der Waals surface area contributed by atoms with Gasteiger partial charge in [-0.05, 0) is 44.9 Å². The Hall–Kier alpha value is -0.940. The molecule has 0 aromatic carbocycles. The summed E-state index contributed by atoms with van der Waals surface area (Å²) in [5, 5.41) is 8.51. The third-order valence-electron chi connectivity index (χ3n) is 3.69. The molecule has 0 heterocycles. The summed E-state index contributed by atoms with van der Waals surface area (Å²) in [5.74, 6) is -0.702. The average molecular weight is 377 g/mol. The topological polar surface area (TPSA) is 130 Å². The maximum Gasteiger partial charge on any atom is 0.325 e. The van der Waals surface area contributed by atoms with E-state index in [2.05, 4.69) is 24.3 Å². The molecule has 0 atom stereocenters. The Morgan fingerprint density at radius 3 is 1.76 bits per heavy atom. The molecule has 0 fully saturated rings. The number of aliphatic carboxylic acids is 1. The van der Waals surface area contributed by atoms with Crippen molar-refractivity contribution in [1.82, 2.24) is 6.15 Å². The molecule has 0 rings (SSSR count). The molecule has 0 saturated heterocycles. The van der Waals surface area contributed by atoms with E-state index in [4.69, 9.17) is 14.9 Å². The molecule has 6 nitrogen and oxygen atoms in total. The van der Waals surface area contributed by atoms with Gasteiger partial charge in [-0.2, -0.15) is 0 Å². The van der Waals surface area contributed by atoms with Crippen LogP contribution in [-0.4, -0.2) is 27.0 Å². The Bertz CT molecular complexity index is 418. The van der Waals surface area contributed by atoms with Crippen LogP contribution < -0.4 is 6.15 Å². The second kappa shape index (κ2) is 17.9. The van der Waals surface area contributed by atoms with Crippen LogP contribution in [0.4, 0.5) is 0 Å². The van der Waals surface area contributed by atoms with E-state index in [9.17, 15) is 9.36 Å². The fraction of sp³-hybridized carbons (Fsp3) is 0.722. The molecule has 0 bridgehead atoms. The first-order valence-electron chi connectivity index (χ1n) is 8.98. The first kappa shape index (κ1) is 26.3. The molecule has 0 saturated carbocycles. The maximum atomic E-state index is 10.7. The molecule has 0 aromatic rings. The van der Waals surface area contributed by atoms with E-state index in [0.717, 1.165) is 64.2 Å². The molecule has 0 spiro atoms. The fourth-order valence-electron chi connectivity index (χ4n) is 2.33. The van der Waals surface area contributed by atoms with E-state index < -0.39 is 13.6 Å². The van der Waals surface area contributed by atoms with Crippen LogP contribution in [0.3, 0.4) is 0 Å². The smallest absolute Gasteiger partial charge is 0.325 e. The van der Waals surface area contributed by atoms with Crippen LogP contribution in [0.25, 0.3) is 0 Å². The van der Waals surface area contributed by atoms with Crippen molar-refractivity contribution in [2.75, 3.05) is 6.16 Å². The van der Waals surface area contributed by atoms with E-state index in [1.165, 1.54) is 0 Å². The molecule has 0 aliphatic heterocycles. The number of hydrogen-bond donors (Lipinski definition) is 4. The molecule has 0 radical (unpaired) electrons. The monoisotopic (exact) mass is 377 g/mol. The van der Waals surface area contributed by atoms with Gasteiger partial charge < -0.3 is 21.0 Å². The first-order chi connectivity index (χ1) is 11.4. The molecule has 0 aliphatic rings. The molecule has 0 aromatic heterocycles. The summed E-state index contributed by atoms with van der Waals surface area (Å²) >= 11 is 0. The van der Waals surface area contributed by atoms with Crippen LogP contribution in [0.1, 0.15) is 77.0 Å². The molecular weight excluding hydrogens is 341 g/mol. The van der Waals surface area contributed by atoms with Crippen LogP contribution in [0, 0.1) is 0 Å². The van der Waals surface area contributed by atoms with Crippen molar-refractivity contribution in [2.45, 2.75) is 77.0 Å². The van der Waals surface area contributed by atoms with Gasteiger partial charge in [0.15, 0.2) is 0 Å². The van der Waals surface area contributed by atoms with Crippen molar-refractivity contribution in [3.8, 4) is 0 Å². The molecule has 6 N–H and O–H groups in total. The van der Waals surface area contributed by atoms with E-state index in [0.29, 0.717) is 6.42 Å². The highest BCUT2D eigenvalue weighted by atomic mass is 31.2. The summed E-state index contributed by atoms with van der Waals surface area (Å²) in [7, 11) is -3.81. The molecule has 0 unspecified atom stereocenters. The standard InChI is InChI=1S/C18H33O5P.H3N/c19-18(20)16-14-12-10-8-6-4-2-1-3-5-7-9-11-13-15-17-24(21,22)23;/h1-2,5,7H,3-4,6,8-17H2,(H,19,20)(H2,21,22,23);1H3/b2-1-,7-5-;. The second-order valence-electron chi connectivity index (χ2n) is 6.12. The molecule has 148 valence electrons. The molecule has 0 amide bonds. The first-order valence-corrected chi connectivity index (χ1v) is 10.8. The lowest BCUT2D eigenvalue weighted by atomic mass is 10.1. The quantitative estimate of drug-likeness (QED) is 0.166. The van der Waals surface area contributed by atoms with Gasteiger partial charge >= 0.3 is 13.6 Å². The van der Waals surface area contributed by atoms with Gasteiger partial charge in [-0.15, -0.1) is 0 Å². The summed E-state index contributed by atoms with van der Waals surface area (Å²) in [6.45, 7) is 0. The summed E-state index contributed by atoms with van der Waals surface area (Å²) in [6.07, 6.45) is 19.5. The summed E-state index contributed by atoms with van der Waals surface area (Å²) in [6, 6.07) is 0. The van der Waals surface area contributed by atoms with Gasteiger partial charge in [-0.3, -0.25) is 9.36 Å². The van der Waals surface area contributed by atoms with Crippen LogP contribution in [-0.2, 0) is 9.36 Å². The Morgan fingerprint density at radius 1 is 0.760 bits per heavy atom. The predicted octanol–water partition coefficient (Wildman–Crippen LogP) is 5.20. The zero-order valence-electron chi connectivity index (χ0n) is 15.3. The largest absolute Gasteiger partial charge is 0.481 e. The lowest BCUT2D eigenvalue weighted by Gasteiger charge is -2.01.